The molecule has 0 aromatic heterocycles. The molecule has 0 heterocycles. The van der Waals surface area contributed by atoms with Crippen LogP contribution in [0.2, 0.25) is 10.0 Å². The molecule has 112 valence electrons. The highest BCUT2D eigenvalue weighted by Crippen LogP contribution is 2.52. The van der Waals surface area contributed by atoms with Gasteiger partial charge in [0.05, 0.1) is 10.0 Å². The average Bonchev–Trinajstić information content (AvgIpc) is 3.03. The van der Waals surface area contributed by atoms with Gasteiger partial charge in [-0.3, -0.25) is 4.79 Å². The number of hydrogen-bond acceptors (Lipinski definition) is 3. The van der Waals surface area contributed by atoms with Gasteiger partial charge in [-0.2, -0.15) is 0 Å². The van der Waals surface area contributed by atoms with Gasteiger partial charge in [0.2, 0.25) is 5.91 Å². The Hall–Kier alpha value is -1.26. The van der Waals surface area contributed by atoms with Gasteiger partial charge in [-0.25, -0.2) is 0 Å². The Morgan fingerprint density at radius 2 is 1.76 bits per heavy atom. The zero-order valence-electron chi connectivity index (χ0n) is 11.1. The van der Waals surface area contributed by atoms with E-state index in [0.29, 0.717) is 15.7 Å². The van der Waals surface area contributed by atoms with Crippen LogP contribution in [0.25, 0.3) is 0 Å². The summed E-state index contributed by atoms with van der Waals surface area (Å²) in [6.07, 6.45) is 2.59. The van der Waals surface area contributed by atoms with Crippen LogP contribution in [0.4, 0.5) is 5.69 Å². The second-order valence-electron chi connectivity index (χ2n) is 5.82. The molecule has 1 N–H and O–H groups in total. The van der Waals surface area contributed by atoms with Gasteiger partial charge in [0, 0.05) is 23.5 Å². The zero-order valence-corrected chi connectivity index (χ0v) is 12.7. The van der Waals surface area contributed by atoms with Crippen molar-refractivity contribution in [2.75, 3.05) is 5.32 Å². The number of benzene rings is 1. The van der Waals surface area contributed by atoms with Crippen molar-refractivity contribution in [3.63, 3.8) is 0 Å². The molecular weight excluding hydrogens is 313 g/mol. The number of halogens is 2. The Kier molecular flexibility index (Phi) is 3.84. The summed E-state index contributed by atoms with van der Waals surface area (Å²) in [5.74, 6) is -2.36. The lowest BCUT2D eigenvalue weighted by atomic mass is 9.78. The fraction of sp³-hybridized carbons (Fsp3) is 0.467. The normalized spacial score (nSPS) is 30.4. The summed E-state index contributed by atoms with van der Waals surface area (Å²) in [6.45, 7) is 0. The van der Waals surface area contributed by atoms with Crippen LogP contribution in [0, 0.1) is 23.7 Å². The first-order valence-corrected chi connectivity index (χ1v) is 7.69. The van der Waals surface area contributed by atoms with Crippen LogP contribution < -0.4 is 10.4 Å². The van der Waals surface area contributed by atoms with Crippen molar-refractivity contribution in [1.82, 2.24) is 0 Å². The van der Waals surface area contributed by atoms with Crippen LogP contribution in [0.1, 0.15) is 19.3 Å². The predicted octanol–water partition coefficient (Wildman–Crippen LogP) is 2.34. The Balaban J connectivity index is 1.78. The van der Waals surface area contributed by atoms with Crippen LogP contribution in [0.5, 0.6) is 0 Å². The van der Waals surface area contributed by atoms with Gasteiger partial charge in [0.1, 0.15) is 0 Å². The molecule has 2 fully saturated rings. The molecule has 0 aliphatic heterocycles. The number of amides is 1. The van der Waals surface area contributed by atoms with Gasteiger partial charge in [0.25, 0.3) is 0 Å². The van der Waals surface area contributed by atoms with E-state index in [9.17, 15) is 14.7 Å². The molecule has 2 aliphatic carbocycles. The Morgan fingerprint density at radius 3 is 2.38 bits per heavy atom. The minimum absolute atomic E-state index is 0.0737. The lowest BCUT2D eigenvalue weighted by Crippen LogP contribution is -2.43. The van der Waals surface area contributed by atoms with Gasteiger partial charge in [0.15, 0.2) is 0 Å². The van der Waals surface area contributed by atoms with E-state index >= 15 is 0 Å². The number of carbonyl (C=O) groups is 2. The van der Waals surface area contributed by atoms with E-state index in [1.54, 1.807) is 18.2 Å². The minimum atomic E-state index is -1.11. The predicted molar refractivity (Wildman–Crippen MR) is 77.9 cm³/mol. The number of rotatable bonds is 3. The maximum Gasteiger partial charge on any atom is 0.228 e. The highest BCUT2D eigenvalue weighted by molar-refractivity contribution is 6.42. The number of carbonyl (C=O) groups excluding carboxylic acids is 2. The third-order valence-corrected chi connectivity index (χ3v) is 5.42. The van der Waals surface area contributed by atoms with Crippen molar-refractivity contribution < 1.29 is 14.7 Å². The van der Waals surface area contributed by atoms with E-state index in [1.165, 1.54) is 0 Å². The summed E-state index contributed by atoms with van der Waals surface area (Å²) < 4.78 is 0. The van der Waals surface area contributed by atoms with Crippen molar-refractivity contribution in [2.24, 2.45) is 23.7 Å². The molecule has 1 aromatic rings. The van der Waals surface area contributed by atoms with E-state index < -0.39 is 17.8 Å². The van der Waals surface area contributed by atoms with Crippen LogP contribution in [-0.2, 0) is 9.59 Å². The molecule has 4 nitrogen and oxygen atoms in total. The molecule has 0 spiro atoms. The molecule has 21 heavy (non-hydrogen) atoms. The van der Waals surface area contributed by atoms with Gasteiger partial charge in [-0.1, -0.05) is 23.2 Å². The summed E-state index contributed by atoms with van der Waals surface area (Å²) in [7, 11) is 0. The molecule has 1 aromatic carbocycles. The number of fused-ring (bicyclic) bond motifs is 2. The van der Waals surface area contributed by atoms with Gasteiger partial charge < -0.3 is 15.2 Å². The first-order chi connectivity index (χ1) is 9.97. The number of aliphatic carboxylic acids is 1. The van der Waals surface area contributed by atoms with Gasteiger partial charge >= 0.3 is 0 Å². The highest BCUT2D eigenvalue weighted by Gasteiger charge is 2.51. The van der Waals surface area contributed by atoms with E-state index in [4.69, 9.17) is 23.2 Å². The molecule has 6 heteroatoms. The van der Waals surface area contributed by atoms with E-state index in [1.807, 2.05) is 0 Å². The largest absolute Gasteiger partial charge is 0.550 e. The van der Waals surface area contributed by atoms with Crippen LogP contribution >= 0.6 is 23.2 Å². The summed E-state index contributed by atoms with van der Waals surface area (Å²) >= 11 is 11.7. The number of hydrogen-bond donors (Lipinski definition) is 1. The van der Waals surface area contributed by atoms with Gasteiger partial charge in [-0.05, 0) is 49.3 Å². The lowest BCUT2D eigenvalue weighted by Gasteiger charge is -2.30. The molecular formula is C15H14Cl2NO3-. The van der Waals surface area contributed by atoms with Crippen LogP contribution in [0.15, 0.2) is 18.2 Å². The molecule has 2 aliphatic rings. The molecule has 0 radical (unpaired) electrons. The molecule has 0 unspecified atom stereocenters. The number of carboxylic acid groups (broad SMARTS) is 1. The highest BCUT2D eigenvalue weighted by atomic mass is 35.5. The van der Waals surface area contributed by atoms with Crippen molar-refractivity contribution in [3.8, 4) is 0 Å². The lowest BCUT2D eigenvalue weighted by molar-refractivity contribution is -0.314. The van der Waals surface area contributed by atoms with Crippen LogP contribution in [0.3, 0.4) is 0 Å². The molecule has 2 saturated carbocycles. The molecule has 2 bridgehead atoms. The second kappa shape index (κ2) is 5.50. The van der Waals surface area contributed by atoms with Crippen molar-refractivity contribution in [1.29, 1.82) is 0 Å². The van der Waals surface area contributed by atoms with Crippen molar-refractivity contribution in [3.05, 3.63) is 28.2 Å². The minimum Gasteiger partial charge on any atom is -0.550 e. The average molecular weight is 327 g/mol. The fourth-order valence-corrected chi connectivity index (χ4v) is 4.11. The second-order valence-corrected chi connectivity index (χ2v) is 6.64. The van der Waals surface area contributed by atoms with E-state index in [0.717, 1.165) is 19.3 Å². The molecule has 3 rings (SSSR count). The van der Waals surface area contributed by atoms with Crippen molar-refractivity contribution >= 4 is 40.8 Å². The SMILES string of the molecule is O=C([O-])[C@H]1[C@H]2CC[C@H](C2)[C@@H]1C(=O)Nc1ccc(Cl)c(Cl)c1. The maximum atomic E-state index is 12.4. The first-order valence-electron chi connectivity index (χ1n) is 6.94. The standard InChI is InChI=1S/C15H15Cl2NO3/c16-10-4-3-9(6-11(10)17)18-14(19)12-7-1-2-8(5-7)13(12)15(20)21/h3-4,6-8,12-13H,1-2,5H2,(H,18,19)(H,20,21)/p-1/t7-,8+,12+,13+/m1/s1. The summed E-state index contributed by atoms with van der Waals surface area (Å²) in [6, 6.07) is 4.80. The van der Waals surface area contributed by atoms with Crippen LogP contribution in [-0.4, -0.2) is 11.9 Å². The summed E-state index contributed by atoms with van der Waals surface area (Å²) in [4.78, 5) is 23.8. The first kappa shape index (κ1) is 14.7. The Bertz CT molecular complexity index is 605. The number of carboxylic acids is 1. The number of anilines is 1. The smallest absolute Gasteiger partial charge is 0.228 e. The maximum absolute atomic E-state index is 12.4. The zero-order chi connectivity index (χ0) is 15.1. The van der Waals surface area contributed by atoms with E-state index in [-0.39, 0.29) is 17.7 Å². The summed E-state index contributed by atoms with van der Waals surface area (Å²) in [5, 5.41) is 14.8. The third-order valence-electron chi connectivity index (χ3n) is 4.68. The van der Waals surface area contributed by atoms with E-state index in [2.05, 4.69) is 5.32 Å². The number of nitrogens with one attached hydrogen (secondary N) is 1. The Labute approximate surface area is 132 Å². The molecule has 0 saturated heterocycles. The monoisotopic (exact) mass is 326 g/mol. The Morgan fingerprint density at radius 1 is 1.10 bits per heavy atom. The fourth-order valence-electron chi connectivity index (χ4n) is 3.81. The molecule has 1 amide bonds. The quantitative estimate of drug-likeness (QED) is 0.926. The van der Waals surface area contributed by atoms with Gasteiger partial charge in [-0.15, -0.1) is 0 Å². The molecule has 4 atom stereocenters. The topological polar surface area (TPSA) is 69.2 Å². The summed E-state index contributed by atoms with van der Waals surface area (Å²) in [5.41, 5.74) is 0.522. The third kappa shape index (κ3) is 2.62. The van der Waals surface area contributed by atoms with Crippen molar-refractivity contribution in [2.45, 2.75) is 19.3 Å².